The van der Waals surface area contributed by atoms with E-state index in [1.165, 1.54) is 0 Å². The van der Waals surface area contributed by atoms with Crippen molar-refractivity contribution < 1.29 is 13.2 Å². The van der Waals surface area contributed by atoms with Gasteiger partial charge < -0.3 is 10.1 Å². The van der Waals surface area contributed by atoms with Gasteiger partial charge in [-0.3, -0.25) is 0 Å². The summed E-state index contributed by atoms with van der Waals surface area (Å²) < 4.78 is 33.6. The summed E-state index contributed by atoms with van der Waals surface area (Å²) in [6.45, 7) is 2.22. The van der Waals surface area contributed by atoms with E-state index in [0.29, 0.717) is 36.2 Å². The number of piperazine rings is 1. The maximum absolute atomic E-state index is 13.3. The number of benzene rings is 2. The van der Waals surface area contributed by atoms with Gasteiger partial charge in [-0.1, -0.05) is 23.7 Å². The average molecular weight is 415 g/mol. The Bertz CT molecular complexity index is 905. The number of nitrogens with one attached hydrogen (secondary N) is 1. The minimum Gasteiger partial charge on any atom is -0.493 e. The minimum absolute atomic E-state index is 0. The normalized spacial score (nSPS) is 20.1. The fourth-order valence-corrected chi connectivity index (χ4v) is 5.29. The lowest BCUT2D eigenvalue weighted by molar-refractivity contribution is 0.271. The SMILES string of the molecule is Cl.O=S(=O)(c1ccc2c(c1)CCO2)N1CCNCC1c1cccc(Cl)c1. The van der Waals surface area contributed by atoms with E-state index in [4.69, 9.17) is 16.3 Å². The van der Waals surface area contributed by atoms with Crippen LogP contribution in [0.1, 0.15) is 17.2 Å². The third-order valence-electron chi connectivity index (χ3n) is 4.70. The molecule has 1 saturated heterocycles. The molecule has 0 aliphatic carbocycles. The lowest BCUT2D eigenvalue weighted by atomic mass is 10.1. The van der Waals surface area contributed by atoms with Gasteiger partial charge in [-0.05, 0) is 41.5 Å². The molecule has 0 aromatic heterocycles. The predicted molar refractivity (Wildman–Crippen MR) is 104 cm³/mol. The lowest BCUT2D eigenvalue weighted by Gasteiger charge is -2.35. The number of fused-ring (bicyclic) bond motifs is 1. The molecular weight excluding hydrogens is 395 g/mol. The molecule has 26 heavy (non-hydrogen) atoms. The number of nitrogens with zero attached hydrogens (tertiary/aromatic N) is 1. The summed E-state index contributed by atoms with van der Waals surface area (Å²) in [7, 11) is -3.60. The fraction of sp³-hybridized carbons (Fsp3) is 0.333. The molecule has 2 aliphatic rings. The molecule has 1 unspecified atom stereocenters. The van der Waals surface area contributed by atoms with E-state index in [-0.39, 0.29) is 18.4 Å². The first-order valence-corrected chi connectivity index (χ1v) is 10.1. The third-order valence-corrected chi connectivity index (χ3v) is 6.83. The minimum atomic E-state index is -3.60. The summed E-state index contributed by atoms with van der Waals surface area (Å²) in [6.07, 6.45) is 0.748. The first-order chi connectivity index (χ1) is 12.1. The molecule has 0 radical (unpaired) electrons. The highest BCUT2D eigenvalue weighted by Gasteiger charge is 2.35. The second kappa shape index (κ2) is 7.74. The highest BCUT2D eigenvalue weighted by Crippen LogP contribution is 2.33. The number of ether oxygens (including phenoxy) is 1. The first-order valence-electron chi connectivity index (χ1n) is 8.29. The van der Waals surface area contributed by atoms with Crippen molar-refractivity contribution in [3.8, 4) is 5.75 Å². The van der Waals surface area contributed by atoms with Crippen LogP contribution < -0.4 is 10.1 Å². The van der Waals surface area contributed by atoms with Gasteiger partial charge in [0.2, 0.25) is 10.0 Å². The summed E-state index contributed by atoms with van der Waals surface area (Å²) in [4.78, 5) is 0.325. The van der Waals surface area contributed by atoms with Crippen molar-refractivity contribution in [1.82, 2.24) is 9.62 Å². The molecule has 5 nitrogen and oxygen atoms in total. The molecule has 2 aromatic rings. The summed E-state index contributed by atoms with van der Waals surface area (Å²) >= 11 is 6.10. The van der Waals surface area contributed by atoms with Crippen molar-refractivity contribution in [2.75, 3.05) is 26.2 Å². The molecular formula is C18H20Cl2N2O3S. The summed E-state index contributed by atoms with van der Waals surface area (Å²) in [5.41, 5.74) is 1.85. The summed E-state index contributed by atoms with van der Waals surface area (Å²) in [6, 6.07) is 12.3. The Morgan fingerprint density at radius 1 is 1.19 bits per heavy atom. The van der Waals surface area contributed by atoms with Gasteiger partial charge in [0.15, 0.2) is 0 Å². The van der Waals surface area contributed by atoms with Gasteiger partial charge in [0, 0.05) is 31.1 Å². The van der Waals surface area contributed by atoms with E-state index in [1.54, 1.807) is 28.6 Å². The quantitative estimate of drug-likeness (QED) is 0.838. The Morgan fingerprint density at radius 2 is 2.04 bits per heavy atom. The fourth-order valence-electron chi connectivity index (χ4n) is 3.43. The Labute approximate surface area is 164 Å². The number of sulfonamides is 1. The van der Waals surface area contributed by atoms with Crippen LogP contribution in [0.25, 0.3) is 0 Å². The second-order valence-electron chi connectivity index (χ2n) is 6.26. The summed E-state index contributed by atoms with van der Waals surface area (Å²) in [5.74, 6) is 0.783. The van der Waals surface area contributed by atoms with Crippen molar-refractivity contribution in [3.05, 3.63) is 58.6 Å². The molecule has 0 saturated carbocycles. The maximum Gasteiger partial charge on any atom is 0.243 e. The van der Waals surface area contributed by atoms with Gasteiger partial charge in [0.25, 0.3) is 0 Å². The molecule has 1 N–H and O–H groups in total. The van der Waals surface area contributed by atoms with Crippen LogP contribution in [0.4, 0.5) is 0 Å². The highest BCUT2D eigenvalue weighted by molar-refractivity contribution is 7.89. The van der Waals surface area contributed by atoms with Crippen molar-refractivity contribution >= 4 is 34.0 Å². The molecule has 8 heteroatoms. The molecule has 2 aliphatic heterocycles. The summed E-state index contributed by atoms with van der Waals surface area (Å²) in [5, 5.41) is 3.89. The van der Waals surface area contributed by atoms with Gasteiger partial charge in [0.1, 0.15) is 5.75 Å². The number of rotatable bonds is 3. The van der Waals surface area contributed by atoms with Crippen LogP contribution in [0, 0.1) is 0 Å². The molecule has 2 heterocycles. The Hall–Kier alpha value is -1.31. The van der Waals surface area contributed by atoms with Gasteiger partial charge in [-0.15, -0.1) is 12.4 Å². The van der Waals surface area contributed by atoms with E-state index in [2.05, 4.69) is 5.32 Å². The van der Waals surface area contributed by atoms with E-state index in [1.807, 2.05) is 18.2 Å². The van der Waals surface area contributed by atoms with Crippen molar-refractivity contribution in [1.29, 1.82) is 0 Å². The van der Waals surface area contributed by atoms with Gasteiger partial charge in [0.05, 0.1) is 17.5 Å². The Kier molecular flexibility index (Phi) is 5.79. The largest absolute Gasteiger partial charge is 0.493 e. The number of hydrogen-bond donors (Lipinski definition) is 1. The third kappa shape index (κ3) is 3.57. The standard InChI is InChI=1S/C18H19ClN2O3S.ClH/c19-15-3-1-2-13(10-15)17-12-20-7-8-21(17)25(22,23)16-4-5-18-14(11-16)6-9-24-18;/h1-5,10-11,17,20H,6-9,12H2;1H. The first kappa shape index (κ1) is 19.5. The van der Waals surface area contributed by atoms with E-state index in [0.717, 1.165) is 23.3 Å². The molecule has 0 spiro atoms. The van der Waals surface area contributed by atoms with Crippen LogP contribution in [0.5, 0.6) is 5.75 Å². The zero-order chi connectivity index (χ0) is 17.4. The monoisotopic (exact) mass is 414 g/mol. The van der Waals surface area contributed by atoms with Crippen LogP contribution in [-0.4, -0.2) is 39.0 Å². The average Bonchev–Trinajstić information content (AvgIpc) is 3.09. The molecule has 140 valence electrons. The molecule has 1 fully saturated rings. The second-order valence-corrected chi connectivity index (χ2v) is 8.59. The van der Waals surface area contributed by atoms with Crippen LogP contribution >= 0.6 is 24.0 Å². The van der Waals surface area contributed by atoms with Crippen molar-refractivity contribution in [3.63, 3.8) is 0 Å². The van der Waals surface area contributed by atoms with E-state index in [9.17, 15) is 8.42 Å². The van der Waals surface area contributed by atoms with Crippen molar-refractivity contribution in [2.24, 2.45) is 0 Å². The van der Waals surface area contributed by atoms with E-state index >= 15 is 0 Å². The zero-order valence-corrected chi connectivity index (χ0v) is 16.4. The van der Waals surface area contributed by atoms with Crippen LogP contribution in [0.15, 0.2) is 47.4 Å². The topological polar surface area (TPSA) is 58.6 Å². The Balaban J connectivity index is 0.00000196. The van der Waals surface area contributed by atoms with Crippen LogP contribution in [-0.2, 0) is 16.4 Å². The van der Waals surface area contributed by atoms with E-state index < -0.39 is 10.0 Å². The van der Waals surface area contributed by atoms with Crippen LogP contribution in [0.3, 0.4) is 0 Å². The molecule has 1 atom stereocenters. The van der Waals surface area contributed by atoms with Gasteiger partial charge >= 0.3 is 0 Å². The van der Waals surface area contributed by atoms with Gasteiger partial charge in [-0.2, -0.15) is 4.31 Å². The molecule has 0 bridgehead atoms. The Morgan fingerprint density at radius 3 is 2.85 bits per heavy atom. The highest BCUT2D eigenvalue weighted by atomic mass is 35.5. The zero-order valence-electron chi connectivity index (χ0n) is 14.0. The number of hydrogen-bond acceptors (Lipinski definition) is 4. The van der Waals surface area contributed by atoms with Gasteiger partial charge in [-0.25, -0.2) is 8.42 Å². The smallest absolute Gasteiger partial charge is 0.243 e. The molecule has 2 aromatic carbocycles. The van der Waals surface area contributed by atoms with Crippen molar-refractivity contribution in [2.45, 2.75) is 17.4 Å². The molecule has 4 rings (SSSR count). The predicted octanol–water partition coefficient (Wildman–Crippen LogP) is 3.03. The molecule has 0 amide bonds. The maximum atomic E-state index is 13.3. The lowest BCUT2D eigenvalue weighted by Crippen LogP contribution is -2.48. The number of halogens is 2. The van der Waals surface area contributed by atoms with Crippen LogP contribution in [0.2, 0.25) is 5.02 Å².